The van der Waals surface area contributed by atoms with Crippen molar-refractivity contribution in [2.45, 2.75) is 64.4 Å². The molecule has 2 rings (SSSR count). The van der Waals surface area contributed by atoms with Crippen LogP contribution in [0.4, 0.5) is 0 Å². The highest BCUT2D eigenvalue weighted by atomic mass is 16.5. The summed E-state index contributed by atoms with van der Waals surface area (Å²) in [6.45, 7) is 2.27. The minimum Gasteiger partial charge on any atom is -0.377 e. The molecule has 0 radical (unpaired) electrons. The Morgan fingerprint density at radius 3 is 1.77 bits per heavy atom. The van der Waals surface area contributed by atoms with Crippen molar-refractivity contribution in [2.75, 3.05) is 7.11 Å². The Morgan fingerprint density at radius 1 is 0.769 bits per heavy atom. The summed E-state index contributed by atoms with van der Waals surface area (Å²) in [5, 5.41) is 0. The molecule has 2 aromatic carbocycles. The molecule has 1 nitrogen and oxygen atoms in total. The molecule has 0 N–H and O–H groups in total. The quantitative estimate of drug-likeness (QED) is 0.366. The van der Waals surface area contributed by atoms with Crippen molar-refractivity contribution in [3.05, 3.63) is 77.9 Å². The zero-order valence-corrected chi connectivity index (χ0v) is 16.5. The zero-order valence-electron chi connectivity index (χ0n) is 16.5. The number of unbranched alkanes of at least 4 members (excludes halogenated alkanes) is 6. The lowest BCUT2D eigenvalue weighted by molar-refractivity contribution is 0.131. The lowest BCUT2D eigenvalue weighted by Crippen LogP contribution is -2.08. The Hall–Kier alpha value is -1.86. The summed E-state index contributed by atoms with van der Waals surface area (Å²) in [6.07, 6.45) is 12.9. The zero-order chi connectivity index (χ0) is 18.5. The van der Waals surface area contributed by atoms with Crippen LogP contribution in [0.5, 0.6) is 0 Å². The topological polar surface area (TPSA) is 9.23 Å². The number of hydrogen-bond donors (Lipinski definition) is 0. The number of methoxy groups -OCH3 is 1. The molecule has 140 valence electrons. The molecule has 0 aliphatic rings. The van der Waals surface area contributed by atoms with Crippen molar-refractivity contribution in [3.63, 3.8) is 0 Å². The monoisotopic (exact) mass is 350 g/mol. The van der Waals surface area contributed by atoms with Crippen LogP contribution in [-0.2, 0) is 4.74 Å². The first kappa shape index (κ1) is 20.5. The summed E-state index contributed by atoms with van der Waals surface area (Å²) in [4.78, 5) is 0. The van der Waals surface area contributed by atoms with Gasteiger partial charge in [0.05, 0.1) is 6.10 Å². The molecule has 0 aliphatic heterocycles. The second-order valence-electron chi connectivity index (χ2n) is 7.00. The third-order valence-electron chi connectivity index (χ3n) is 4.92. The van der Waals surface area contributed by atoms with Crippen LogP contribution in [0.15, 0.2) is 66.7 Å². The summed E-state index contributed by atoms with van der Waals surface area (Å²) in [6, 6.07) is 21.3. The van der Waals surface area contributed by atoms with Crippen LogP contribution >= 0.6 is 0 Å². The van der Waals surface area contributed by atoms with Gasteiger partial charge in [0, 0.05) is 7.11 Å². The van der Waals surface area contributed by atoms with Crippen LogP contribution in [0.2, 0.25) is 0 Å². The van der Waals surface area contributed by atoms with Gasteiger partial charge in [0.25, 0.3) is 0 Å². The average molecular weight is 351 g/mol. The van der Waals surface area contributed by atoms with E-state index in [0.717, 1.165) is 6.42 Å². The van der Waals surface area contributed by atoms with E-state index in [0.29, 0.717) is 0 Å². The predicted octanol–water partition coefficient (Wildman–Crippen LogP) is 7.27. The molecule has 1 unspecified atom stereocenters. The number of hydrogen-bond acceptors (Lipinski definition) is 1. The van der Waals surface area contributed by atoms with Crippen LogP contribution in [0.1, 0.15) is 69.4 Å². The molecule has 0 aromatic heterocycles. The second-order valence-corrected chi connectivity index (χ2v) is 7.00. The van der Waals surface area contributed by atoms with E-state index in [1.165, 1.54) is 61.6 Å². The summed E-state index contributed by atoms with van der Waals surface area (Å²) in [5.74, 6) is 0. The number of benzene rings is 2. The largest absolute Gasteiger partial charge is 0.377 e. The Kier molecular flexibility index (Phi) is 9.82. The molecule has 0 spiro atoms. The van der Waals surface area contributed by atoms with Gasteiger partial charge in [-0.2, -0.15) is 0 Å². The first-order chi connectivity index (χ1) is 12.8. The molecule has 0 saturated heterocycles. The SMILES string of the molecule is CCCCCCCCCC(C=C(c1ccccc1)c1ccccc1)OC. The maximum atomic E-state index is 5.79. The molecular weight excluding hydrogens is 316 g/mol. The minimum absolute atomic E-state index is 0.168. The molecule has 2 aromatic rings. The van der Waals surface area contributed by atoms with E-state index in [4.69, 9.17) is 4.74 Å². The van der Waals surface area contributed by atoms with Crippen molar-refractivity contribution < 1.29 is 4.74 Å². The van der Waals surface area contributed by atoms with Crippen LogP contribution < -0.4 is 0 Å². The third kappa shape index (κ3) is 7.17. The van der Waals surface area contributed by atoms with Gasteiger partial charge < -0.3 is 4.74 Å². The van der Waals surface area contributed by atoms with Gasteiger partial charge in [-0.3, -0.25) is 0 Å². The number of ether oxygens (including phenoxy) is 1. The first-order valence-electron chi connectivity index (χ1n) is 10.2. The van der Waals surface area contributed by atoms with Gasteiger partial charge in [0.2, 0.25) is 0 Å². The van der Waals surface area contributed by atoms with Gasteiger partial charge in [-0.15, -0.1) is 0 Å². The molecular formula is C25H34O. The highest BCUT2D eigenvalue weighted by molar-refractivity contribution is 5.80. The fourth-order valence-corrected chi connectivity index (χ4v) is 3.35. The fraction of sp³-hybridized carbons (Fsp3) is 0.440. The van der Waals surface area contributed by atoms with Crippen LogP contribution in [0.3, 0.4) is 0 Å². The van der Waals surface area contributed by atoms with Crippen molar-refractivity contribution >= 4 is 5.57 Å². The van der Waals surface area contributed by atoms with Gasteiger partial charge >= 0.3 is 0 Å². The summed E-state index contributed by atoms with van der Waals surface area (Å²) < 4.78 is 5.79. The Bertz CT molecular complexity index is 574. The molecule has 26 heavy (non-hydrogen) atoms. The Balaban J connectivity index is 2.00. The van der Waals surface area contributed by atoms with E-state index in [1.807, 2.05) is 7.11 Å². The fourth-order valence-electron chi connectivity index (χ4n) is 3.35. The van der Waals surface area contributed by atoms with Crippen molar-refractivity contribution in [1.29, 1.82) is 0 Å². The van der Waals surface area contributed by atoms with E-state index >= 15 is 0 Å². The van der Waals surface area contributed by atoms with Crippen LogP contribution in [0, 0.1) is 0 Å². The molecule has 0 amide bonds. The predicted molar refractivity (Wildman–Crippen MR) is 113 cm³/mol. The van der Waals surface area contributed by atoms with E-state index in [1.54, 1.807) is 0 Å². The van der Waals surface area contributed by atoms with E-state index < -0.39 is 0 Å². The maximum Gasteiger partial charge on any atom is 0.0761 e. The maximum absolute atomic E-state index is 5.79. The molecule has 0 fully saturated rings. The lowest BCUT2D eigenvalue weighted by Gasteiger charge is -2.15. The van der Waals surface area contributed by atoms with Gasteiger partial charge in [-0.25, -0.2) is 0 Å². The van der Waals surface area contributed by atoms with Crippen molar-refractivity contribution in [3.8, 4) is 0 Å². The average Bonchev–Trinajstić information content (AvgIpc) is 2.71. The van der Waals surface area contributed by atoms with Gasteiger partial charge in [-0.1, -0.05) is 113 Å². The van der Waals surface area contributed by atoms with E-state index in [-0.39, 0.29) is 6.10 Å². The molecule has 1 heteroatoms. The normalized spacial score (nSPS) is 11.9. The molecule has 0 heterocycles. The highest BCUT2D eigenvalue weighted by Crippen LogP contribution is 2.25. The number of rotatable bonds is 12. The Morgan fingerprint density at radius 2 is 1.27 bits per heavy atom. The van der Waals surface area contributed by atoms with Crippen molar-refractivity contribution in [2.24, 2.45) is 0 Å². The van der Waals surface area contributed by atoms with E-state index in [2.05, 4.69) is 73.7 Å². The standard InChI is InChI=1S/C25H34O/c1-3-4-5-6-7-8-15-20-24(26-2)21-25(22-16-11-9-12-17-22)23-18-13-10-14-19-23/h9-14,16-19,21,24H,3-8,15,20H2,1-2H3. The van der Waals surface area contributed by atoms with Gasteiger partial charge in [0.1, 0.15) is 0 Å². The summed E-state index contributed by atoms with van der Waals surface area (Å²) >= 11 is 0. The van der Waals surface area contributed by atoms with Gasteiger partial charge in [-0.05, 0) is 29.2 Å². The first-order valence-corrected chi connectivity index (χ1v) is 10.2. The highest BCUT2D eigenvalue weighted by Gasteiger charge is 2.10. The molecule has 0 bridgehead atoms. The van der Waals surface area contributed by atoms with Crippen LogP contribution in [0.25, 0.3) is 5.57 Å². The molecule has 0 aliphatic carbocycles. The van der Waals surface area contributed by atoms with Crippen molar-refractivity contribution in [1.82, 2.24) is 0 Å². The van der Waals surface area contributed by atoms with E-state index in [9.17, 15) is 0 Å². The summed E-state index contributed by atoms with van der Waals surface area (Å²) in [5.41, 5.74) is 3.77. The summed E-state index contributed by atoms with van der Waals surface area (Å²) in [7, 11) is 1.83. The molecule has 1 atom stereocenters. The minimum atomic E-state index is 0.168. The second kappa shape index (κ2) is 12.5. The molecule has 0 saturated carbocycles. The van der Waals surface area contributed by atoms with Gasteiger partial charge in [0.15, 0.2) is 0 Å². The third-order valence-corrected chi connectivity index (χ3v) is 4.92. The Labute approximate surface area is 160 Å². The van der Waals surface area contributed by atoms with Crippen LogP contribution in [-0.4, -0.2) is 13.2 Å². The lowest BCUT2D eigenvalue weighted by atomic mass is 9.95. The smallest absolute Gasteiger partial charge is 0.0761 e.